The molecule has 1 saturated heterocycles. The number of imidazole rings is 1. The van der Waals surface area contributed by atoms with Crippen LogP contribution in [-0.2, 0) is 11.3 Å². The first-order valence-electron chi connectivity index (χ1n) is 9.09. The van der Waals surface area contributed by atoms with Gasteiger partial charge in [-0.05, 0) is 25.0 Å². The Morgan fingerprint density at radius 3 is 2.68 bits per heavy atom. The summed E-state index contributed by atoms with van der Waals surface area (Å²) in [5, 5.41) is 32.8. The number of aliphatic hydroxyl groups excluding tert-OH is 3. The van der Waals surface area contributed by atoms with Crippen LogP contribution in [0.2, 0.25) is 0 Å². The number of ether oxygens (including phenoxy) is 1. The van der Waals surface area contributed by atoms with Crippen molar-refractivity contribution in [2.75, 3.05) is 11.9 Å². The molecule has 3 heterocycles. The third kappa shape index (κ3) is 3.22. The number of anilines is 1. The molecule has 28 heavy (non-hydrogen) atoms. The van der Waals surface area contributed by atoms with Gasteiger partial charge in [0.1, 0.15) is 24.6 Å². The van der Waals surface area contributed by atoms with Crippen LogP contribution in [-0.4, -0.2) is 59.8 Å². The van der Waals surface area contributed by atoms with Gasteiger partial charge in [0.25, 0.3) is 0 Å². The number of hydrogen-bond acceptors (Lipinski definition) is 8. The van der Waals surface area contributed by atoms with Gasteiger partial charge in [-0.15, -0.1) is 0 Å². The standard InChI is InChI=1S/C19H23N5O4/c1-10-3-4-12(11(2)5-10)6-20-17-14-18(22-8-21-17)24(9-23-14)19-16(27)15(26)13(7-25)28-19/h3-5,8-9,13,15-16,19,25-27H,6-7H2,1-2H3,(H,20,21,22)/t13-,15-,16-,19-/m1/s1. The Morgan fingerprint density at radius 1 is 1.14 bits per heavy atom. The summed E-state index contributed by atoms with van der Waals surface area (Å²) in [5.74, 6) is 0.565. The smallest absolute Gasteiger partial charge is 0.167 e. The van der Waals surface area contributed by atoms with E-state index in [9.17, 15) is 15.3 Å². The molecule has 4 atom stereocenters. The number of aryl methyl sites for hydroxylation is 2. The molecule has 1 aliphatic rings. The van der Waals surface area contributed by atoms with Crippen LogP contribution < -0.4 is 5.32 Å². The largest absolute Gasteiger partial charge is 0.394 e. The first kappa shape index (κ1) is 18.8. The maximum atomic E-state index is 10.3. The average Bonchev–Trinajstić information content (AvgIpc) is 3.23. The molecule has 0 unspecified atom stereocenters. The van der Waals surface area contributed by atoms with Crippen LogP contribution in [0.15, 0.2) is 30.9 Å². The number of aliphatic hydroxyl groups is 3. The van der Waals surface area contributed by atoms with E-state index in [2.05, 4.69) is 52.3 Å². The third-order valence-electron chi connectivity index (χ3n) is 5.09. The predicted octanol–water partition coefficient (Wildman–Crippen LogP) is 0.667. The zero-order chi connectivity index (χ0) is 19.8. The number of nitrogens with zero attached hydrogens (tertiary/aromatic N) is 4. The third-order valence-corrected chi connectivity index (χ3v) is 5.09. The molecular formula is C19H23N5O4. The zero-order valence-electron chi connectivity index (χ0n) is 15.6. The molecule has 0 amide bonds. The molecule has 4 rings (SSSR count). The highest BCUT2D eigenvalue weighted by Gasteiger charge is 2.44. The van der Waals surface area contributed by atoms with E-state index in [1.54, 1.807) is 4.57 Å². The second-order valence-corrected chi connectivity index (χ2v) is 7.06. The predicted molar refractivity (Wildman–Crippen MR) is 102 cm³/mol. The van der Waals surface area contributed by atoms with Crippen molar-refractivity contribution in [3.05, 3.63) is 47.5 Å². The summed E-state index contributed by atoms with van der Waals surface area (Å²) >= 11 is 0. The number of benzene rings is 1. The molecule has 0 bridgehead atoms. The van der Waals surface area contributed by atoms with E-state index in [0.29, 0.717) is 23.5 Å². The van der Waals surface area contributed by atoms with Crippen molar-refractivity contribution < 1.29 is 20.1 Å². The Morgan fingerprint density at radius 2 is 1.96 bits per heavy atom. The first-order chi connectivity index (χ1) is 13.5. The Balaban J connectivity index is 1.60. The van der Waals surface area contributed by atoms with Crippen LogP contribution in [0, 0.1) is 13.8 Å². The topological polar surface area (TPSA) is 126 Å². The van der Waals surface area contributed by atoms with Gasteiger partial charge in [-0.2, -0.15) is 0 Å². The number of fused-ring (bicyclic) bond motifs is 1. The Labute approximate surface area is 161 Å². The molecule has 9 nitrogen and oxygen atoms in total. The molecule has 0 aliphatic carbocycles. The first-order valence-corrected chi connectivity index (χ1v) is 9.09. The van der Waals surface area contributed by atoms with Crippen LogP contribution in [0.5, 0.6) is 0 Å². The highest BCUT2D eigenvalue weighted by molar-refractivity contribution is 5.82. The van der Waals surface area contributed by atoms with Gasteiger partial charge in [-0.25, -0.2) is 15.0 Å². The Kier molecular flexibility index (Phi) is 4.98. The summed E-state index contributed by atoms with van der Waals surface area (Å²) < 4.78 is 7.12. The van der Waals surface area contributed by atoms with Crippen LogP contribution >= 0.6 is 0 Å². The molecule has 2 aromatic heterocycles. The van der Waals surface area contributed by atoms with Gasteiger partial charge in [0.05, 0.1) is 12.9 Å². The molecule has 148 valence electrons. The summed E-state index contributed by atoms with van der Waals surface area (Å²) in [5.41, 5.74) is 4.55. The molecule has 4 N–H and O–H groups in total. The summed E-state index contributed by atoms with van der Waals surface area (Å²) in [4.78, 5) is 12.9. The summed E-state index contributed by atoms with van der Waals surface area (Å²) in [6, 6.07) is 6.27. The highest BCUT2D eigenvalue weighted by Crippen LogP contribution is 2.32. The molecule has 1 fully saturated rings. The SMILES string of the molecule is Cc1ccc(CNc2ncnc3c2ncn3[C@@H]2O[C@H](CO)[C@@H](O)[C@H]2O)c(C)c1. The van der Waals surface area contributed by atoms with Crippen molar-refractivity contribution in [3.63, 3.8) is 0 Å². The lowest BCUT2D eigenvalue weighted by atomic mass is 10.1. The van der Waals surface area contributed by atoms with Crippen LogP contribution in [0.3, 0.4) is 0 Å². The average molecular weight is 385 g/mol. The molecule has 9 heteroatoms. The number of hydrogen-bond donors (Lipinski definition) is 4. The molecular weight excluding hydrogens is 362 g/mol. The van der Waals surface area contributed by atoms with E-state index in [1.165, 1.54) is 23.8 Å². The Hall–Kier alpha value is -2.59. The van der Waals surface area contributed by atoms with Gasteiger partial charge < -0.3 is 25.4 Å². The van der Waals surface area contributed by atoms with E-state index >= 15 is 0 Å². The lowest BCUT2D eigenvalue weighted by Crippen LogP contribution is -2.33. The number of rotatable bonds is 5. The van der Waals surface area contributed by atoms with Gasteiger partial charge in [-0.1, -0.05) is 23.8 Å². The second kappa shape index (κ2) is 7.44. The Bertz CT molecular complexity index is 992. The summed E-state index contributed by atoms with van der Waals surface area (Å²) in [7, 11) is 0. The van der Waals surface area contributed by atoms with Crippen LogP contribution in [0.1, 0.15) is 22.9 Å². The lowest BCUT2D eigenvalue weighted by Gasteiger charge is -2.16. The minimum absolute atomic E-state index is 0.390. The fourth-order valence-electron chi connectivity index (χ4n) is 3.50. The van der Waals surface area contributed by atoms with E-state index in [4.69, 9.17) is 4.74 Å². The fraction of sp³-hybridized carbons (Fsp3) is 0.421. The second-order valence-electron chi connectivity index (χ2n) is 7.06. The molecule has 0 saturated carbocycles. The van der Waals surface area contributed by atoms with Crippen molar-refractivity contribution in [3.8, 4) is 0 Å². The highest BCUT2D eigenvalue weighted by atomic mass is 16.6. The maximum absolute atomic E-state index is 10.3. The van der Waals surface area contributed by atoms with E-state index in [0.717, 1.165) is 5.56 Å². The quantitative estimate of drug-likeness (QED) is 0.505. The number of nitrogens with one attached hydrogen (secondary N) is 1. The van der Waals surface area contributed by atoms with Crippen LogP contribution in [0.4, 0.5) is 5.82 Å². The van der Waals surface area contributed by atoms with Crippen LogP contribution in [0.25, 0.3) is 11.2 Å². The summed E-state index contributed by atoms with van der Waals surface area (Å²) in [6.07, 6.45) is -1.23. The maximum Gasteiger partial charge on any atom is 0.167 e. The molecule has 0 spiro atoms. The lowest BCUT2D eigenvalue weighted by molar-refractivity contribution is -0.0511. The van der Waals surface area contributed by atoms with Gasteiger partial charge in [-0.3, -0.25) is 4.57 Å². The zero-order valence-corrected chi connectivity index (χ0v) is 15.6. The monoisotopic (exact) mass is 385 g/mol. The van der Waals surface area contributed by atoms with Crippen molar-refractivity contribution in [2.24, 2.45) is 0 Å². The minimum Gasteiger partial charge on any atom is -0.394 e. The van der Waals surface area contributed by atoms with E-state index in [1.807, 2.05) is 0 Å². The molecule has 1 aromatic carbocycles. The van der Waals surface area contributed by atoms with Gasteiger partial charge in [0, 0.05) is 6.54 Å². The van der Waals surface area contributed by atoms with Crippen molar-refractivity contribution in [1.29, 1.82) is 0 Å². The van der Waals surface area contributed by atoms with Gasteiger partial charge in [0.2, 0.25) is 0 Å². The van der Waals surface area contributed by atoms with Gasteiger partial charge in [0.15, 0.2) is 23.2 Å². The van der Waals surface area contributed by atoms with Crippen molar-refractivity contribution in [1.82, 2.24) is 19.5 Å². The normalized spacial score (nSPS) is 24.8. The van der Waals surface area contributed by atoms with Gasteiger partial charge >= 0.3 is 0 Å². The minimum atomic E-state index is -1.20. The fourth-order valence-corrected chi connectivity index (χ4v) is 3.50. The van der Waals surface area contributed by atoms with E-state index in [-0.39, 0.29) is 6.61 Å². The molecule has 1 aliphatic heterocycles. The van der Waals surface area contributed by atoms with Crippen molar-refractivity contribution >= 4 is 17.0 Å². The van der Waals surface area contributed by atoms with Crippen molar-refractivity contribution in [2.45, 2.75) is 44.9 Å². The molecule has 3 aromatic rings. The van der Waals surface area contributed by atoms with E-state index < -0.39 is 24.5 Å². The summed E-state index contributed by atoms with van der Waals surface area (Å²) in [6.45, 7) is 4.32. The molecule has 0 radical (unpaired) electrons. The number of aromatic nitrogens is 4.